The number of esters is 1. The average Bonchev–Trinajstić information content (AvgIpc) is 2.84. The van der Waals surface area contributed by atoms with Gasteiger partial charge in [-0.3, -0.25) is 0 Å². The van der Waals surface area contributed by atoms with Gasteiger partial charge in [-0.1, -0.05) is 18.2 Å². The van der Waals surface area contributed by atoms with Gasteiger partial charge in [-0.2, -0.15) is 4.31 Å². The van der Waals surface area contributed by atoms with Gasteiger partial charge in [-0.15, -0.1) is 0 Å². The Morgan fingerprint density at radius 3 is 2.30 bits per heavy atom. The van der Waals surface area contributed by atoms with E-state index in [0.29, 0.717) is 31.6 Å². The van der Waals surface area contributed by atoms with Crippen LogP contribution in [0.1, 0.15) is 22.8 Å². The highest BCUT2D eigenvalue weighted by Crippen LogP contribution is 2.19. The smallest absolute Gasteiger partial charge is 0.338 e. The van der Waals surface area contributed by atoms with Crippen molar-refractivity contribution in [1.29, 1.82) is 0 Å². The summed E-state index contributed by atoms with van der Waals surface area (Å²) in [5, 5.41) is 2.88. The van der Waals surface area contributed by atoms with Crippen molar-refractivity contribution < 1.29 is 27.5 Å². The summed E-state index contributed by atoms with van der Waals surface area (Å²) in [6.45, 7) is 3.38. The number of methoxy groups -OCH3 is 1. The number of piperazine rings is 1. The van der Waals surface area contributed by atoms with Crippen molar-refractivity contribution in [2.75, 3.05) is 46.4 Å². The summed E-state index contributed by atoms with van der Waals surface area (Å²) < 4.78 is 37.5. The number of rotatable bonds is 8. The van der Waals surface area contributed by atoms with Gasteiger partial charge in [0.1, 0.15) is 5.75 Å². The van der Waals surface area contributed by atoms with Crippen molar-refractivity contribution in [2.45, 2.75) is 18.2 Å². The van der Waals surface area contributed by atoms with E-state index < -0.39 is 16.0 Å². The average molecular weight is 476 g/mol. The Morgan fingerprint density at radius 1 is 1.00 bits per heavy atom. The number of amides is 2. The van der Waals surface area contributed by atoms with Crippen LogP contribution in [0.3, 0.4) is 0 Å². The molecule has 33 heavy (non-hydrogen) atoms. The molecule has 2 aromatic rings. The highest BCUT2D eigenvalue weighted by atomic mass is 32.2. The zero-order valence-electron chi connectivity index (χ0n) is 18.8. The molecule has 0 unspecified atom stereocenters. The lowest BCUT2D eigenvalue weighted by molar-refractivity contribution is 0.0526. The first-order chi connectivity index (χ1) is 15.9. The van der Waals surface area contributed by atoms with E-state index >= 15 is 0 Å². The molecule has 178 valence electrons. The normalized spacial score (nSPS) is 14.5. The molecule has 2 amide bonds. The van der Waals surface area contributed by atoms with E-state index in [4.69, 9.17) is 9.47 Å². The summed E-state index contributed by atoms with van der Waals surface area (Å²) in [5.41, 5.74) is 1.30. The number of benzene rings is 2. The Bertz CT molecular complexity index is 1060. The molecular weight excluding hydrogens is 446 g/mol. The zero-order chi connectivity index (χ0) is 23.8. The maximum Gasteiger partial charge on any atom is 0.338 e. The van der Waals surface area contributed by atoms with Crippen LogP contribution >= 0.6 is 0 Å². The molecule has 0 radical (unpaired) electrons. The molecule has 1 fully saturated rings. The summed E-state index contributed by atoms with van der Waals surface area (Å²) in [4.78, 5) is 26.0. The fourth-order valence-electron chi connectivity index (χ4n) is 3.58. The number of para-hydroxylation sites is 1. The lowest BCUT2D eigenvalue weighted by atomic mass is 10.1. The fourth-order valence-corrected chi connectivity index (χ4v) is 5.01. The van der Waals surface area contributed by atoms with Crippen LogP contribution in [-0.2, 0) is 21.2 Å². The Balaban J connectivity index is 1.51. The minimum atomic E-state index is -3.72. The van der Waals surface area contributed by atoms with E-state index in [-0.39, 0.29) is 30.6 Å². The van der Waals surface area contributed by atoms with Crippen molar-refractivity contribution >= 4 is 22.0 Å². The molecule has 9 nitrogen and oxygen atoms in total. The van der Waals surface area contributed by atoms with Gasteiger partial charge < -0.3 is 19.7 Å². The second-order valence-electron chi connectivity index (χ2n) is 7.43. The SMILES string of the molecule is CCOC(=O)c1ccc(S(=O)(=O)N2CCN(C(=O)NCCc3ccccc3OC)CC2)cc1. The van der Waals surface area contributed by atoms with Crippen LogP contribution in [0.15, 0.2) is 53.4 Å². The van der Waals surface area contributed by atoms with Crippen molar-refractivity contribution in [2.24, 2.45) is 0 Å². The van der Waals surface area contributed by atoms with Gasteiger partial charge in [0, 0.05) is 32.7 Å². The lowest BCUT2D eigenvalue weighted by Crippen LogP contribution is -2.53. The van der Waals surface area contributed by atoms with Crippen molar-refractivity contribution in [3.63, 3.8) is 0 Å². The molecule has 0 saturated carbocycles. The molecule has 1 saturated heterocycles. The molecule has 0 aromatic heterocycles. The predicted molar refractivity (Wildman–Crippen MR) is 123 cm³/mol. The van der Waals surface area contributed by atoms with E-state index in [0.717, 1.165) is 11.3 Å². The minimum Gasteiger partial charge on any atom is -0.496 e. The van der Waals surface area contributed by atoms with E-state index in [1.54, 1.807) is 18.9 Å². The number of nitrogens with zero attached hydrogens (tertiary/aromatic N) is 2. The van der Waals surface area contributed by atoms with Crippen molar-refractivity contribution in [3.05, 3.63) is 59.7 Å². The largest absolute Gasteiger partial charge is 0.496 e. The number of nitrogens with one attached hydrogen (secondary N) is 1. The third-order valence-corrected chi connectivity index (χ3v) is 7.31. The first-order valence-electron chi connectivity index (χ1n) is 10.8. The molecule has 10 heteroatoms. The van der Waals surface area contributed by atoms with Crippen LogP contribution < -0.4 is 10.1 Å². The molecule has 3 rings (SSSR count). The summed E-state index contributed by atoms with van der Waals surface area (Å²) >= 11 is 0. The fraction of sp³-hybridized carbons (Fsp3) is 0.391. The van der Waals surface area contributed by atoms with Crippen LogP contribution in [0, 0.1) is 0 Å². The molecule has 2 aromatic carbocycles. The van der Waals surface area contributed by atoms with Gasteiger partial charge >= 0.3 is 12.0 Å². The highest BCUT2D eigenvalue weighted by molar-refractivity contribution is 7.89. The molecule has 1 heterocycles. The van der Waals surface area contributed by atoms with Gasteiger partial charge in [-0.05, 0) is 49.2 Å². The summed E-state index contributed by atoms with van der Waals surface area (Å²) in [5.74, 6) is 0.285. The minimum absolute atomic E-state index is 0.102. The van der Waals surface area contributed by atoms with Crippen molar-refractivity contribution in [3.8, 4) is 5.75 Å². The van der Waals surface area contributed by atoms with Crippen molar-refractivity contribution in [1.82, 2.24) is 14.5 Å². The number of urea groups is 1. The lowest BCUT2D eigenvalue weighted by Gasteiger charge is -2.34. The topological polar surface area (TPSA) is 105 Å². The Hall–Kier alpha value is -3.11. The van der Waals surface area contributed by atoms with Gasteiger partial charge in [0.05, 0.1) is 24.2 Å². The number of sulfonamides is 1. The van der Waals surface area contributed by atoms with E-state index in [1.165, 1.54) is 28.6 Å². The zero-order valence-corrected chi connectivity index (χ0v) is 19.6. The molecule has 1 aliphatic heterocycles. The molecule has 0 bridgehead atoms. The second-order valence-corrected chi connectivity index (χ2v) is 9.37. The van der Waals surface area contributed by atoms with Gasteiger partial charge in [0.15, 0.2) is 0 Å². The van der Waals surface area contributed by atoms with E-state index in [1.807, 2.05) is 24.3 Å². The molecule has 0 aliphatic carbocycles. The Morgan fingerprint density at radius 2 is 1.67 bits per heavy atom. The second kappa shape index (κ2) is 11.2. The monoisotopic (exact) mass is 475 g/mol. The quantitative estimate of drug-likeness (QED) is 0.587. The number of carbonyl (C=O) groups is 2. The molecule has 1 N–H and O–H groups in total. The third-order valence-electron chi connectivity index (χ3n) is 5.39. The van der Waals surface area contributed by atoms with Crippen LogP contribution in [0.5, 0.6) is 5.75 Å². The van der Waals surface area contributed by atoms with Crippen LogP contribution in [0.25, 0.3) is 0 Å². The summed E-state index contributed by atoms with van der Waals surface area (Å²) in [6.07, 6.45) is 0.631. The first kappa shape index (κ1) is 24.5. The van der Waals surface area contributed by atoms with E-state index in [9.17, 15) is 18.0 Å². The van der Waals surface area contributed by atoms with Crippen LogP contribution in [-0.4, -0.2) is 76.1 Å². The maximum absolute atomic E-state index is 12.9. The number of carbonyl (C=O) groups excluding carboxylic acids is 2. The molecule has 0 atom stereocenters. The third kappa shape index (κ3) is 6.02. The molecular formula is C23H29N3O6S. The first-order valence-corrected chi connectivity index (χ1v) is 12.2. The van der Waals surface area contributed by atoms with Crippen LogP contribution in [0.4, 0.5) is 4.79 Å². The number of ether oxygens (including phenoxy) is 2. The van der Waals surface area contributed by atoms with E-state index in [2.05, 4.69) is 5.32 Å². The van der Waals surface area contributed by atoms with Gasteiger partial charge in [0.2, 0.25) is 10.0 Å². The van der Waals surface area contributed by atoms with Gasteiger partial charge in [0.25, 0.3) is 0 Å². The molecule has 1 aliphatic rings. The van der Waals surface area contributed by atoms with Crippen LogP contribution in [0.2, 0.25) is 0 Å². The highest BCUT2D eigenvalue weighted by Gasteiger charge is 2.30. The number of hydrogen-bond donors (Lipinski definition) is 1. The number of hydrogen-bond acceptors (Lipinski definition) is 6. The Kier molecular flexibility index (Phi) is 8.29. The standard InChI is InChI=1S/C23H29N3O6S/c1-3-32-22(27)19-8-10-20(11-9-19)33(29,30)26-16-14-25(15-17-26)23(28)24-13-12-18-6-4-5-7-21(18)31-2/h4-11H,3,12-17H2,1-2H3,(H,24,28). The van der Waals surface area contributed by atoms with Gasteiger partial charge in [-0.25, -0.2) is 18.0 Å². The Labute approximate surface area is 194 Å². The maximum atomic E-state index is 12.9. The summed E-state index contributed by atoms with van der Waals surface area (Å²) in [7, 11) is -2.11. The molecule has 0 spiro atoms. The summed E-state index contributed by atoms with van der Waals surface area (Å²) in [6, 6.07) is 13.1. The predicted octanol–water partition coefficient (Wildman–Crippen LogP) is 2.13.